The van der Waals surface area contributed by atoms with Crippen molar-refractivity contribution in [2.75, 3.05) is 70.0 Å². The van der Waals surface area contributed by atoms with Crippen LogP contribution < -0.4 is 81.0 Å². The van der Waals surface area contributed by atoms with Crippen LogP contribution in [0.3, 0.4) is 0 Å². The standard InChI is InChI=1S/4C23H30N4O3.C22H28N4O3/c1-23(2,3)14-19(20(28)27(4)5)15-8-12-18(13-9-15)30-21(29)16-6-10-17(11-7-16)26-22(24)25;1-23(2,3)14-17-12-15(13-20(28)27(4)5)6-11-19(17)30-21(29)16-7-9-18(10-8-16)26-22(24)25;1-23(2,3)14-17-12-19(11-8-16(17)13-20(28)27(4)5)30-21(29)15-6-9-18(10-7-15)26-22(24)25;1-23(2,3)14-16-13-17(26-22(24)25)8-11-19(16)21(29)30-18-9-6-15(7-10-18)12-20(28)27(4)5;1-22(2,3)14-26(4)19(27)13-15-5-11-18(12-6-15)29-20(28)16-7-9-17(10-8-16)25-21(23)24/h6-13,19H,14H2,1-5H3,(H4,24,25,26);2*6-12H,13-14H2,1-5H3,(H4,24,25,26);6-11,13H,12,14H2,1-5H3,(H4,24,25,26);5-12H,13-14H2,1-4H3,(H4,23,24,25). The van der Waals surface area contributed by atoms with Gasteiger partial charge in [0.25, 0.3) is 0 Å². The highest BCUT2D eigenvalue weighted by Gasteiger charge is 2.30. The molecular formula is C114H148N20O15. The van der Waals surface area contributed by atoms with Gasteiger partial charge < -0.3 is 106 Å². The van der Waals surface area contributed by atoms with Crippen LogP contribution in [-0.4, -0.2) is 184 Å². The smallest absolute Gasteiger partial charge is 0.343 e. The molecule has 0 aliphatic rings. The zero-order valence-electron chi connectivity index (χ0n) is 90.2. The van der Waals surface area contributed by atoms with Crippen molar-refractivity contribution in [1.82, 2.24) is 24.5 Å². The van der Waals surface area contributed by atoms with Gasteiger partial charge in [0.05, 0.1) is 87.9 Å². The van der Waals surface area contributed by atoms with Crippen molar-refractivity contribution in [3.8, 4) is 28.7 Å². The van der Waals surface area contributed by atoms with E-state index in [-0.39, 0.29) is 92.3 Å². The molecule has 1 atom stereocenters. The summed E-state index contributed by atoms with van der Waals surface area (Å²) in [5.74, 6) is -0.601. The third kappa shape index (κ3) is 44.8. The van der Waals surface area contributed by atoms with Gasteiger partial charge in [-0.1, -0.05) is 158 Å². The van der Waals surface area contributed by atoms with Gasteiger partial charge in [0.15, 0.2) is 29.8 Å². The summed E-state index contributed by atoms with van der Waals surface area (Å²) in [7, 11) is 15.7. The van der Waals surface area contributed by atoms with Gasteiger partial charge in [-0.2, -0.15) is 0 Å². The second kappa shape index (κ2) is 55.0. The highest BCUT2D eigenvalue weighted by atomic mass is 16.6. The zero-order valence-corrected chi connectivity index (χ0v) is 90.2. The fraction of sp³-hybridized carbons (Fsp3) is 0.342. The quantitative estimate of drug-likeness (QED) is 0.00865. The first-order chi connectivity index (χ1) is 69.3. The maximum absolute atomic E-state index is 12.8. The number of rotatable bonds is 30. The maximum Gasteiger partial charge on any atom is 0.343 e. The topological polar surface area (TPSA) is 555 Å². The summed E-state index contributed by atoms with van der Waals surface area (Å²) in [5.41, 5.74) is 65.6. The van der Waals surface area contributed by atoms with Crippen LogP contribution in [0.2, 0.25) is 0 Å². The molecule has 20 N–H and O–H groups in total. The lowest BCUT2D eigenvalue weighted by atomic mass is 9.81. The molecule has 1 unspecified atom stereocenters. The predicted molar refractivity (Wildman–Crippen MR) is 590 cm³/mol. The van der Waals surface area contributed by atoms with E-state index in [1.807, 2.05) is 43.4 Å². The van der Waals surface area contributed by atoms with Crippen molar-refractivity contribution in [2.45, 2.75) is 161 Å². The van der Waals surface area contributed by atoms with Crippen LogP contribution in [0.1, 0.15) is 212 Å². The molecule has 0 heterocycles. The number of benzene rings is 10. The van der Waals surface area contributed by atoms with Gasteiger partial charge in [-0.25, -0.2) is 48.9 Å². The number of ether oxygens (including phenoxy) is 5. The molecule has 35 nitrogen and oxygen atoms in total. The van der Waals surface area contributed by atoms with Gasteiger partial charge in [-0.05, 0) is 267 Å². The number of carbonyl (C=O) groups excluding carboxylic acids is 10. The summed E-state index contributed by atoms with van der Waals surface area (Å²) in [6, 6.07) is 62.9. The van der Waals surface area contributed by atoms with Gasteiger partial charge >= 0.3 is 29.8 Å². The van der Waals surface area contributed by atoms with Crippen LogP contribution in [-0.2, 0) is 68.9 Å². The first-order valence-electron chi connectivity index (χ1n) is 48.0. The van der Waals surface area contributed by atoms with Crippen molar-refractivity contribution in [2.24, 2.45) is 109 Å². The summed E-state index contributed by atoms with van der Waals surface area (Å²) in [6.07, 6.45) is 4.01. The van der Waals surface area contributed by atoms with Gasteiger partial charge in [0, 0.05) is 70.0 Å². The Kier molecular flexibility index (Phi) is 44.6. The fourth-order valence-electron chi connectivity index (χ4n) is 14.4. The molecule has 0 aliphatic carbocycles. The Hall–Kier alpha value is -16.8. The summed E-state index contributed by atoms with van der Waals surface area (Å²) in [4.78, 5) is 152. The van der Waals surface area contributed by atoms with Crippen LogP contribution in [0.4, 0.5) is 28.4 Å². The van der Waals surface area contributed by atoms with E-state index in [2.05, 4.69) is 129 Å². The first kappa shape index (κ1) is 121. The average Bonchev–Trinajstić information content (AvgIpc) is 0.821. The van der Waals surface area contributed by atoms with E-state index in [1.54, 1.807) is 264 Å². The first-order valence-corrected chi connectivity index (χ1v) is 48.0. The molecule has 5 amide bonds. The summed E-state index contributed by atoms with van der Waals surface area (Å²) < 4.78 is 27.6. The van der Waals surface area contributed by atoms with Crippen molar-refractivity contribution < 1.29 is 71.6 Å². The zero-order chi connectivity index (χ0) is 112. The van der Waals surface area contributed by atoms with Gasteiger partial charge in [-0.3, -0.25) is 24.0 Å². The van der Waals surface area contributed by atoms with E-state index >= 15 is 0 Å². The molecule has 0 aliphatic heterocycles. The number of nitrogens with two attached hydrogens (primary N) is 10. The molecule has 0 bridgehead atoms. The Labute approximate surface area is 875 Å². The molecule has 0 saturated carbocycles. The van der Waals surface area contributed by atoms with E-state index < -0.39 is 29.8 Å². The lowest BCUT2D eigenvalue weighted by Gasteiger charge is -2.27. The molecule has 10 aromatic rings. The third-order valence-corrected chi connectivity index (χ3v) is 21.2. The SMILES string of the molecule is CN(C)C(=O)C(CC(C)(C)C)c1ccc(OC(=O)c2ccc(N=C(N)N)cc2)cc1.CN(C)C(=O)Cc1ccc(OC(=O)c2ccc(N=C(N)N)cc2)c(CC(C)(C)C)c1.CN(C)C(=O)Cc1ccc(OC(=O)c2ccc(N=C(N)N)cc2)cc1CC(C)(C)C.CN(C)C(=O)Cc1ccc(OC(=O)c2ccc(N=C(N)N)cc2CC(C)(C)C)cc1.CN(CC(C)(C)C)C(=O)Cc1ccc(OC(=O)c2ccc(N=C(N)N)cc2)cc1. The van der Waals surface area contributed by atoms with Crippen LogP contribution in [0.5, 0.6) is 28.7 Å². The number of likely N-dealkylation sites (N-methyl/N-ethyl adjacent to an activating group) is 5. The van der Waals surface area contributed by atoms with Gasteiger partial charge in [0.2, 0.25) is 29.5 Å². The normalized spacial score (nSPS) is 11.2. The largest absolute Gasteiger partial charge is 0.423 e. The predicted octanol–water partition coefficient (Wildman–Crippen LogP) is 15.4. The molecule has 10 rings (SSSR count). The molecule has 0 radical (unpaired) electrons. The minimum absolute atomic E-state index is 0.00688. The number of esters is 5. The molecule has 0 spiro atoms. The molecule has 35 heteroatoms. The molecule has 0 aromatic heterocycles. The average molecular weight is 2040 g/mol. The van der Waals surface area contributed by atoms with Crippen molar-refractivity contribution in [1.29, 1.82) is 0 Å². The number of carbonyl (C=O) groups is 10. The molecule has 0 fully saturated rings. The molecule has 149 heavy (non-hydrogen) atoms. The molecule has 0 saturated heterocycles. The Balaban J connectivity index is 0.000000284. The number of hydrogen-bond donors (Lipinski definition) is 10. The fourth-order valence-corrected chi connectivity index (χ4v) is 14.4. The van der Waals surface area contributed by atoms with Crippen molar-refractivity contribution in [3.05, 3.63) is 297 Å². The highest BCUT2D eigenvalue weighted by molar-refractivity contribution is 5.96. The van der Waals surface area contributed by atoms with Crippen LogP contribution >= 0.6 is 0 Å². The Morgan fingerprint density at radius 2 is 0.577 bits per heavy atom. The minimum atomic E-state index is -0.491. The number of nitrogens with zero attached hydrogens (tertiary/aromatic N) is 10. The Bertz CT molecular complexity index is 6400. The number of amides is 5. The molecule has 10 aromatic carbocycles. The lowest BCUT2D eigenvalue weighted by Crippen LogP contribution is -2.35. The number of aliphatic imine (C=N–C) groups is 5. The highest BCUT2D eigenvalue weighted by Crippen LogP contribution is 2.37. The Morgan fingerprint density at radius 3 is 0.933 bits per heavy atom. The third-order valence-electron chi connectivity index (χ3n) is 21.2. The number of guanidine groups is 5. The second-order valence-electron chi connectivity index (χ2n) is 42.5. The number of hydrogen-bond acceptors (Lipinski definition) is 20. The van der Waals surface area contributed by atoms with Crippen LogP contribution in [0, 0.1) is 27.1 Å². The van der Waals surface area contributed by atoms with E-state index in [9.17, 15) is 47.9 Å². The van der Waals surface area contributed by atoms with E-state index in [1.165, 1.54) is 4.90 Å². The summed E-state index contributed by atoms with van der Waals surface area (Å²) in [5, 5.41) is 0. The monoisotopic (exact) mass is 2040 g/mol. The van der Waals surface area contributed by atoms with Gasteiger partial charge in [0.1, 0.15) is 28.7 Å². The molecule has 794 valence electrons. The van der Waals surface area contributed by atoms with E-state index in [4.69, 9.17) is 81.0 Å². The minimum Gasteiger partial charge on any atom is -0.423 e. The summed E-state index contributed by atoms with van der Waals surface area (Å²) in [6.45, 7) is 32.3. The van der Waals surface area contributed by atoms with Gasteiger partial charge in [-0.15, -0.1) is 0 Å². The lowest BCUT2D eigenvalue weighted by molar-refractivity contribution is -0.131. The van der Waals surface area contributed by atoms with E-state index in [0.29, 0.717) is 136 Å². The van der Waals surface area contributed by atoms with Crippen LogP contribution in [0.15, 0.2) is 249 Å². The van der Waals surface area contributed by atoms with E-state index in [0.717, 1.165) is 50.9 Å². The second-order valence-corrected chi connectivity index (χ2v) is 42.5. The maximum atomic E-state index is 12.8. The molecular weight excluding hydrogens is 1890 g/mol. The van der Waals surface area contributed by atoms with Crippen LogP contribution in [0.25, 0.3) is 0 Å². The van der Waals surface area contributed by atoms with Crippen molar-refractivity contribution >= 4 is 118 Å². The summed E-state index contributed by atoms with van der Waals surface area (Å²) >= 11 is 0. The Morgan fingerprint density at radius 1 is 0.268 bits per heavy atom. The van der Waals surface area contributed by atoms with Crippen molar-refractivity contribution in [3.63, 3.8) is 0 Å².